The minimum absolute atomic E-state index is 0.0555. The Morgan fingerprint density at radius 2 is 1.89 bits per heavy atom. The van der Waals surface area contributed by atoms with Crippen molar-refractivity contribution in [2.75, 3.05) is 34.2 Å². The summed E-state index contributed by atoms with van der Waals surface area (Å²) in [6.45, 7) is 6.11. The third-order valence-electron chi connectivity index (χ3n) is 3.14. The van der Waals surface area contributed by atoms with Crippen LogP contribution in [0.5, 0.6) is 0 Å². The molecule has 0 amide bonds. The molecule has 2 atom stereocenters. The third kappa shape index (κ3) is 4.44. The van der Waals surface area contributed by atoms with Crippen molar-refractivity contribution in [3.63, 3.8) is 0 Å². The fraction of sp³-hybridized carbons (Fsp3) is 0.714. The van der Waals surface area contributed by atoms with E-state index < -0.39 is 0 Å². The highest BCUT2D eigenvalue weighted by molar-refractivity contribution is 5.11. The third-order valence-corrected chi connectivity index (χ3v) is 3.14. The zero-order chi connectivity index (χ0) is 13.7. The molecule has 4 heteroatoms. The Bertz CT molecular complexity index is 347. The van der Waals surface area contributed by atoms with Crippen LogP contribution in [0.4, 0.5) is 0 Å². The maximum atomic E-state index is 6.10. The number of aryl methyl sites for hydroxylation is 1. The summed E-state index contributed by atoms with van der Waals surface area (Å²) in [4.78, 5) is 4.48. The Balaban J connectivity index is 2.61. The van der Waals surface area contributed by atoms with Gasteiger partial charge in [-0.05, 0) is 66.6 Å². The van der Waals surface area contributed by atoms with Gasteiger partial charge in [0.05, 0.1) is 6.04 Å². The molecule has 0 aliphatic rings. The molecule has 104 valence electrons. The Kier molecular flexibility index (Phi) is 5.85. The highest BCUT2D eigenvalue weighted by Gasteiger charge is 2.23. The predicted molar refractivity (Wildman–Crippen MR) is 75.6 cm³/mol. The first-order valence-electron chi connectivity index (χ1n) is 6.58. The van der Waals surface area contributed by atoms with Gasteiger partial charge in [-0.15, -0.1) is 0 Å². The Hall–Kier alpha value is -0.840. The quantitative estimate of drug-likeness (QED) is 0.805. The van der Waals surface area contributed by atoms with Crippen LogP contribution in [0.15, 0.2) is 16.5 Å². The van der Waals surface area contributed by atoms with E-state index in [1.807, 2.05) is 26.0 Å². The summed E-state index contributed by atoms with van der Waals surface area (Å²) in [5.74, 6) is 1.91. The summed E-state index contributed by atoms with van der Waals surface area (Å²) >= 11 is 0. The number of furan rings is 1. The van der Waals surface area contributed by atoms with E-state index in [0.29, 0.717) is 0 Å². The average molecular weight is 253 g/mol. The number of rotatable bonds is 7. The molecule has 2 N–H and O–H groups in total. The first-order chi connectivity index (χ1) is 8.41. The number of nitrogens with two attached hydrogens (primary N) is 1. The Morgan fingerprint density at radius 1 is 1.22 bits per heavy atom. The first kappa shape index (κ1) is 15.2. The van der Waals surface area contributed by atoms with Crippen molar-refractivity contribution in [3.8, 4) is 0 Å². The SMILES string of the molecule is Cc1ccc(C(C(C)N)N(C)CCCN(C)C)o1. The van der Waals surface area contributed by atoms with Gasteiger partial charge in [0, 0.05) is 6.04 Å². The van der Waals surface area contributed by atoms with Gasteiger partial charge in [0.2, 0.25) is 0 Å². The van der Waals surface area contributed by atoms with Crippen LogP contribution in [0, 0.1) is 6.92 Å². The smallest absolute Gasteiger partial charge is 0.122 e. The Morgan fingerprint density at radius 3 is 2.33 bits per heavy atom. The maximum absolute atomic E-state index is 6.10. The summed E-state index contributed by atoms with van der Waals surface area (Å²) in [5.41, 5.74) is 6.10. The van der Waals surface area contributed by atoms with Crippen LogP contribution < -0.4 is 5.73 Å². The van der Waals surface area contributed by atoms with Crippen molar-refractivity contribution in [1.29, 1.82) is 0 Å². The molecule has 0 bridgehead atoms. The average Bonchev–Trinajstić information content (AvgIpc) is 2.63. The maximum Gasteiger partial charge on any atom is 0.122 e. The molecule has 2 unspecified atom stereocenters. The van der Waals surface area contributed by atoms with Gasteiger partial charge in [0.25, 0.3) is 0 Å². The molecule has 18 heavy (non-hydrogen) atoms. The van der Waals surface area contributed by atoms with Crippen molar-refractivity contribution in [2.45, 2.75) is 32.4 Å². The molecule has 0 radical (unpaired) electrons. The number of hydrogen-bond donors (Lipinski definition) is 1. The van der Waals surface area contributed by atoms with Gasteiger partial charge in [0.15, 0.2) is 0 Å². The van der Waals surface area contributed by atoms with E-state index in [0.717, 1.165) is 31.0 Å². The Labute approximate surface area is 111 Å². The van der Waals surface area contributed by atoms with Crippen molar-refractivity contribution < 1.29 is 4.42 Å². The van der Waals surface area contributed by atoms with Crippen molar-refractivity contribution >= 4 is 0 Å². The van der Waals surface area contributed by atoms with Crippen molar-refractivity contribution in [2.24, 2.45) is 5.73 Å². The fourth-order valence-electron chi connectivity index (χ4n) is 2.27. The molecule has 1 heterocycles. The minimum Gasteiger partial charge on any atom is -0.465 e. The fourth-order valence-corrected chi connectivity index (χ4v) is 2.27. The monoisotopic (exact) mass is 253 g/mol. The summed E-state index contributed by atoms with van der Waals surface area (Å²) in [6.07, 6.45) is 1.13. The predicted octanol–water partition coefficient (Wildman–Crippen LogP) is 1.86. The van der Waals surface area contributed by atoms with Crippen LogP contribution in [0.2, 0.25) is 0 Å². The summed E-state index contributed by atoms with van der Waals surface area (Å²) in [6, 6.07) is 4.24. The van der Waals surface area contributed by atoms with Gasteiger partial charge >= 0.3 is 0 Å². The van der Waals surface area contributed by atoms with E-state index in [2.05, 4.69) is 30.9 Å². The standard InChI is InChI=1S/C14H27N3O/c1-11-7-8-13(18-11)14(12(2)15)17(5)10-6-9-16(3)4/h7-8,12,14H,6,9-10,15H2,1-5H3. The molecular formula is C14H27N3O. The number of hydrogen-bond acceptors (Lipinski definition) is 4. The largest absolute Gasteiger partial charge is 0.465 e. The van der Waals surface area contributed by atoms with Crippen LogP contribution in [-0.2, 0) is 0 Å². The molecule has 0 saturated heterocycles. The molecule has 0 aliphatic heterocycles. The molecular weight excluding hydrogens is 226 g/mol. The topological polar surface area (TPSA) is 45.6 Å². The molecule has 1 aromatic heterocycles. The minimum atomic E-state index is 0.0555. The van der Waals surface area contributed by atoms with Gasteiger partial charge in [-0.1, -0.05) is 0 Å². The van der Waals surface area contributed by atoms with Gasteiger partial charge in [-0.25, -0.2) is 0 Å². The molecule has 1 rings (SSSR count). The molecule has 1 aromatic rings. The lowest BCUT2D eigenvalue weighted by molar-refractivity contribution is 0.182. The lowest BCUT2D eigenvalue weighted by atomic mass is 10.1. The van der Waals surface area contributed by atoms with Crippen LogP contribution in [0.1, 0.15) is 30.9 Å². The van der Waals surface area contributed by atoms with Gasteiger partial charge in [-0.2, -0.15) is 0 Å². The normalized spacial score (nSPS) is 15.3. The zero-order valence-corrected chi connectivity index (χ0v) is 12.3. The van der Waals surface area contributed by atoms with Crippen LogP contribution in [0.3, 0.4) is 0 Å². The van der Waals surface area contributed by atoms with Gasteiger partial charge in [0.1, 0.15) is 11.5 Å². The first-order valence-corrected chi connectivity index (χ1v) is 6.58. The molecule has 0 fully saturated rings. The van der Waals surface area contributed by atoms with Crippen LogP contribution in [-0.4, -0.2) is 50.1 Å². The van der Waals surface area contributed by atoms with E-state index in [1.165, 1.54) is 0 Å². The molecule has 0 saturated carbocycles. The van der Waals surface area contributed by atoms with E-state index in [4.69, 9.17) is 10.2 Å². The van der Waals surface area contributed by atoms with Crippen molar-refractivity contribution in [1.82, 2.24) is 9.80 Å². The van der Waals surface area contributed by atoms with Crippen LogP contribution in [0.25, 0.3) is 0 Å². The highest BCUT2D eigenvalue weighted by atomic mass is 16.3. The molecule has 0 spiro atoms. The second kappa shape index (κ2) is 6.92. The second-order valence-corrected chi connectivity index (χ2v) is 5.39. The molecule has 0 aliphatic carbocycles. The number of nitrogens with zero attached hydrogens (tertiary/aromatic N) is 2. The second-order valence-electron chi connectivity index (χ2n) is 5.39. The van der Waals surface area contributed by atoms with Crippen molar-refractivity contribution in [3.05, 3.63) is 23.7 Å². The number of likely N-dealkylation sites (N-methyl/N-ethyl adjacent to an activating group) is 1. The zero-order valence-electron chi connectivity index (χ0n) is 12.3. The van der Waals surface area contributed by atoms with Crippen LogP contribution >= 0.6 is 0 Å². The van der Waals surface area contributed by atoms with E-state index in [-0.39, 0.29) is 12.1 Å². The van der Waals surface area contributed by atoms with E-state index in [9.17, 15) is 0 Å². The van der Waals surface area contributed by atoms with E-state index >= 15 is 0 Å². The highest BCUT2D eigenvalue weighted by Crippen LogP contribution is 2.24. The molecule has 0 aromatic carbocycles. The lowest BCUT2D eigenvalue weighted by Gasteiger charge is -2.29. The summed E-state index contributed by atoms with van der Waals surface area (Å²) < 4.78 is 5.72. The molecule has 4 nitrogen and oxygen atoms in total. The van der Waals surface area contributed by atoms with Gasteiger partial charge < -0.3 is 15.1 Å². The van der Waals surface area contributed by atoms with E-state index in [1.54, 1.807) is 0 Å². The summed E-state index contributed by atoms with van der Waals surface area (Å²) in [5, 5.41) is 0. The van der Waals surface area contributed by atoms with Gasteiger partial charge in [-0.3, -0.25) is 4.90 Å². The lowest BCUT2D eigenvalue weighted by Crippen LogP contribution is -2.38. The summed E-state index contributed by atoms with van der Waals surface area (Å²) in [7, 11) is 6.30.